The maximum atomic E-state index is 13.6. The number of hydrogen-bond acceptors (Lipinski definition) is 6. The monoisotopic (exact) mass is 500 g/mol. The van der Waals surface area contributed by atoms with E-state index in [0.29, 0.717) is 22.8 Å². The molecule has 36 heavy (non-hydrogen) atoms. The molecular weight excluding hydrogens is 472 g/mol. The minimum absolute atomic E-state index is 0.226. The molecule has 1 N–H and O–H groups in total. The Morgan fingerprint density at radius 1 is 0.944 bits per heavy atom. The SMILES string of the molecule is CCCCOC(=O)c1ccc(N2C(=O)C(Nc3ccc(C)cc3C)=C(Sc3ccccc3)C2=O)cc1. The zero-order valence-electron chi connectivity index (χ0n) is 20.5. The highest BCUT2D eigenvalue weighted by atomic mass is 32.2. The Morgan fingerprint density at radius 3 is 2.33 bits per heavy atom. The van der Waals surface area contributed by atoms with Gasteiger partial charge in [0.25, 0.3) is 11.8 Å². The number of anilines is 2. The molecule has 2 amide bonds. The second kappa shape index (κ2) is 11.3. The van der Waals surface area contributed by atoms with Crippen LogP contribution in [0.4, 0.5) is 11.4 Å². The number of hydrogen-bond donors (Lipinski definition) is 1. The summed E-state index contributed by atoms with van der Waals surface area (Å²) in [5, 5.41) is 3.22. The van der Waals surface area contributed by atoms with E-state index in [1.807, 2.05) is 69.3 Å². The third kappa shape index (κ3) is 5.52. The third-order valence-corrected chi connectivity index (χ3v) is 6.83. The Labute approximate surface area is 215 Å². The topological polar surface area (TPSA) is 75.7 Å². The van der Waals surface area contributed by atoms with Gasteiger partial charge in [0.1, 0.15) is 10.6 Å². The number of rotatable bonds is 9. The van der Waals surface area contributed by atoms with Gasteiger partial charge < -0.3 is 10.1 Å². The number of benzene rings is 3. The van der Waals surface area contributed by atoms with Crippen LogP contribution in [0.2, 0.25) is 0 Å². The second-order valence-corrected chi connectivity index (χ2v) is 9.63. The molecule has 0 aromatic heterocycles. The van der Waals surface area contributed by atoms with E-state index in [0.717, 1.165) is 39.5 Å². The van der Waals surface area contributed by atoms with Crippen LogP contribution in [0.25, 0.3) is 0 Å². The van der Waals surface area contributed by atoms with Gasteiger partial charge in [0.2, 0.25) is 0 Å². The second-order valence-electron chi connectivity index (χ2n) is 8.54. The number of imide groups is 1. The van der Waals surface area contributed by atoms with E-state index < -0.39 is 17.8 Å². The number of esters is 1. The van der Waals surface area contributed by atoms with E-state index in [-0.39, 0.29) is 5.70 Å². The van der Waals surface area contributed by atoms with Crippen molar-refractivity contribution in [1.29, 1.82) is 0 Å². The average molecular weight is 501 g/mol. The summed E-state index contributed by atoms with van der Waals surface area (Å²) in [4.78, 5) is 41.7. The molecule has 3 aromatic carbocycles. The zero-order chi connectivity index (χ0) is 25.7. The summed E-state index contributed by atoms with van der Waals surface area (Å²) in [6.07, 6.45) is 1.73. The molecule has 1 aliphatic rings. The summed E-state index contributed by atoms with van der Waals surface area (Å²) in [5.41, 5.74) is 3.82. The van der Waals surface area contributed by atoms with Gasteiger partial charge in [-0.25, -0.2) is 9.69 Å². The number of amides is 2. The average Bonchev–Trinajstić information content (AvgIpc) is 3.10. The molecule has 7 heteroatoms. The highest BCUT2D eigenvalue weighted by Gasteiger charge is 2.40. The van der Waals surface area contributed by atoms with Crippen molar-refractivity contribution in [3.8, 4) is 0 Å². The summed E-state index contributed by atoms with van der Waals surface area (Å²) < 4.78 is 5.25. The van der Waals surface area contributed by atoms with Gasteiger partial charge in [-0.15, -0.1) is 0 Å². The van der Waals surface area contributed by atoms with Crippen LogP contribution < -0.4 is 10.2 Å². The Kier molecular flexibility index (Phi) is 7.90. The summed E-state index contributed by atoms with van der Waals surface area (Å²) in [6.45, 7) is 6.34. The van der Waals surface area contributed by atoms with Gasteiger partial charge in [-0.3, -0.25) is 9.59 Å². The molecule has 6 nitrogen and oxygen atoms in total. The van der Waals surface area contributed by atoms with E-state index in [9.17, 15) is 14.4 Å². The van der Waals surface area contributed by atoms with Crippen LogP contribution in [0.5, 0.6) is 0 Å². The molecule has 184 valence electrons. The Bertz CT molecular complexity index is 1320. The molecular formula is C29H28N2O4S. The van der Waals surface area contributed by atoms with Crippen LogP contribution in [0.1, 0.15) is 41.3 Å². The molecule has 1 heterocycles. The lowest BCUT2D eigenvalue weighted by molar-refractivity contribution is -0.120. The van der Waals surface area contributed by atoms with Gasteiger partial charge in [-0.2, -0.15) is 0 Å². The number of aryl methyl sites for hydroxylation is 2. The van der Waals surface area contributed by atoms with E-state index in [1.165, 1.54) is 11.8 Å². The third-order valence-electron chi connectivity index (χ3n) is 5.74. The molecule has 0 radical (unpaired) electrons. The molecule has 3 aromatic rings. The summed E-state index contributed by atoms with van der Waals surface area (Å²) in [6, 6.07) is 21.7. The number of unbranched alkanes of at least 4 members (excludes halogenated alkanes) is 1. The Hall–Kier alpha value is -3.84. The van der Waals surface area contributed by atoms with Gasteiger partial charge in [-0.1, -0.05) is 61.0 Å². The highest BCUT2D eigenvalue weighted by Crippen LogP contribution is 2.38. The van der Waals surface area contributed by atoms with E-state index >= 15 is 0 Å². The lowest BCUT2D eigenvalue weighted by atomic mass is 10.1. The van der Waals surface area contributed by atoms with Crippen molar-refractivity contribution in [3.63, 3.8) is 0 Å². The molecule has 0 atom stereocenters. The predicted octanol–water partition coefficient (Wildman–Crippen LogP) is 6.25. The number of nitrogens with one attached hydrogen (secondary N) is 1. The minimum atomic E-state index is -0.448. The van der Waals surface area contributed by atoms with Crippen LogP contribution in [0, 0.1) is 13.8 Å². The van der Waals surface area contributed by atoms with Crippen molar-refractivity contribution >= 4 is 40.9 Å². The maximum absolute atomic E-state index is 13.6. The zero-order valence-corrected chi connectivity index (χ0v) is 21.4. The first-order valence-electron chi connectivity index (χ1n) is 11.9. The predicted molar refractivity (Wildman–Crippen MR) is 143 cm³/mol. The molecule has 0 fully saturated rings. The van der Waals surface area contributed by atoms with Crippen molar-refractivity contribution < 1.29 is 19.1 Å². The van der Waals surface area contributed by atoms with E-state index in [1.54, 1.807) is 24.3 Å². The smallest absolute Gasteiger partial charge is 0.338 e. The summed E-state index contributed by atoms with van der Waals surface area (Å²) in [5.74, 6) is -1.29. The van der Waals surface area contributed by atoms with E-state index in [2.05, 4.69) is 5.32 Å². The Morgan fingerprint density at radius 2 is 1.67 bits per heavy atom. The lowest BCUT2D eigenvalue weighted by Gasteiger charge is -2.16. The summed E-state index contributed by atoms with van der Waals surface area (Å²) in [7, 11) is 0. The van der Waals surface area contributed by atoms with Gasteiger partial charge in [0.05, 0.1) is 17.9 Å². The number of carbonyl (C=O) groups excluding carboxylic acids is 3. The van der Waals surface area contributed by atoms with Crippen molar-refractivity contribution in [1.82, 2.24) is 0 Å². The van der Waals surface area contributed by atoms with Crippen molar-refractivity contribution in [2.45, 2.75) is 38.5 Å². The van der Waals surface area contributed by atoms with Gasteiger partial charge in [-0.05, 0) is 68.3 Å². The number of thioether (sulfide) groups is 1. The van der Waals surface area contributed by atoms with Crippen LogP contribution >= 0.6 is 11.8 Å². The molecule has 0 saturated heterocycles. The minimum Gasteiger partial charge on any atom is -0.462 e. The van der Waals surface area contributed by atoms with Crippen molar-refractivity contribution in [2.24, 2.45) is 0 Å². The first kappa shape index (κ1) is 25.3. The number of ether oxygens (including phenoxy) is 1. The lowest BCUT2D eigenvalue weighted by Crippen LogP contribution is -2.32. The standard InChI is InChI=1S/C29H28N2O4S/c1-4-5-17-35-29(34)21-12-14-22(15-13-21)31-27(32)25(30-24-16-11-19(2)18-20(24)3)26(28(31)33)36-23-9-7-6-8-10-23/h6-16,18,30H,4-5,17H2,1-3H3. The van der Waals surface area contributed by atoms with Crippen molar-refractivity contribution in [3.05, 3.63) is 100 Å². The molecule has 1 aliphatic heterocycles. The van der Waals surface area contributed by atoms with Crippen LogP contribution in [0.3, 0.4) is 0 Å². The Balaban J connectivity index is 1.64. The fraction of sp³-hybridized carbons (Fsp3) is 0.207. The van der Waals surface area contributed by atoms with Crippen molar-refractivity contribution in [2.75, 3.05) is 16.8 Å². The maximum Gasteiger partial charge on any atom is 0.338 e. The van der Waals surface area contributed by atoms with Crippen LogP contribution in [-0.4, -0.2) is 24.4 Å². The molecule has 0 bridgehead atoms. The summed E-state index contributed by atoms with van der Waals surface area (Å²) >= 11 is 1.25. The van der Waals surface area contributed by atoms with E-state index in [4.69, 9.17) is 4.74 Å². The largest absolute Gasteiger partial charge is 0.462 e. The first-order valence-corrected chi connectivity index (χ1v) is 12.7. The molecule has 0 saturated carbocycles. The fourth-order valence-corrected chi connectivity index (χ4v) is 4.73. The molecule has 0 aliphatic carbocycles. The quantitative estimate of drug-likeness (QED) is 0.213. The molecule has 4 rings (SSSR count). The number of nitrogens with zero attached hydrogens (tertiary/aromatic N) is 1. The van der Waals surface area contributed by atoms with Gasteiger partial charge >= 0.3 is 5.97 Å². The number of carbonyl (C=O) groups is 3. The van der Waals surface area contributed by atoms with Crippen LogP contribution in [-0.2, 0) is 14.3 Å². The van der Waals surface area contributed by atoms with Crippen LogP contribution in [0.15, 0.2) is 88.3 Å². The fourth-order valence-electron chi connectivity index (χ4n) is 3.78. The normalized spacial score (nSPS) is 13.4. The highest BCUT2D eigenvalue weighted by molar-refractivity contribution is 8.04. The molecule has 0 spiro atoms. The van der Waals surface area contributed by atoms with Gasteiger partial charge in [0, 0.05) is 10.6 Å². The first-order chi connectivity index (χ1) is 17.4. The van der Waals surface area contributed by atoms with Gasteiger partial charge in [0.15, 0.2) is 0 Å². The molecule has 0 unspecified atom stereocenters.